The second-order valence-corrected chi connectivity index (χ2v) is 7.55. The van der Waals surface area contributed by atoms with E-state index in [2.05, 4.69) is 17.0 Å². The number of hydrogen-bond acceptors (Lipinski definition) is 9. The molecule has 0 heterocycles. The Morgan fingerprint density at radius 3 is 2.09 bits per heavy atom. The van der Waals surface area contributed by atoms with Gasteiger partial charge in [-0.05, 0) is 51.7 Å². The summed E-state index contributed by atoms with van der Waals surface area (Å²) in [5, 5.41) is 2.55. The van der Waals surface area contributed by atoms with E-state index < -0.39 is 18.1 Å². The van der Waals surface area contributed by atoms with Gasteiger partial charge in [0.05, 0.1) is 6.54 Å². The third-order valence-electron chi connectivity index (χ3n) is 4.40. The Morgan fingerprint density at radius 1 is 0.909 bits per heavy atom. The summed E-state index contributed by atoms with van der Waals surface area (Å²) in [5.74, 6) is -0.393. The van der Waals surface area contributed by atoms with Gasteiger partial charge in [0.1, 0.15) is 19.8 Å². The molecule has 1 unspecified atom stereocenters. The van der Waals surface area contributed by atoms with Gasteiger partial charge in [-0.25, -0.2) is 9.59 Å². The number of rotatable bonds is 18. The van der Waals surface area contributed by atoms with Gasteiger partial charge in [0.2, 0.25) is 5.91 Å². The van der Waals surface area contributed by atoms with Gasteiger partial charge in [0.15, 0.2) is 0 Å². The van der Waals surface area contributed by atoms with Gasteiger partial charge in [-0.1, -0.05) is 26.2 Å². The topological polar surface area (TPSA) is 215 Å². The summed E-state index contributed by atoms with van der Waals surface area (Å²) < 4.78 is 9.78. The number of nitrogens with two attached hydrogens (primary N) is 5. The van der Waals surface area contributed by atoms with E-state index in [0.29, 0.717) is 32.5 Å². The number of primary amides is 1. The Bertz CT molecular complexity index is 496. The number of nitrogens with one attached hydrogen (secondary N) is 1. The average Bonchev–Trinajstić information content (AvgIpc) is 2.78. The second-order valence-electron chi connectivity index (χ2n) is 7.55. The molecule has 0 aliphatic rings. The Hall–Kier alpha value is -2.15. The predicted molar refractivity (Wildman–Crippen MR) is 129 cm³/mol. The molecule has 11 N–H and O–H groups in total. The first-order valence-corrected chi connectivity index (χ1v) is 11.8. The highest BCUT2D eigenvalue weighted by Crippen LogP contribution is 2.04. The predicted octanol–water partition coefficient (Wildman–Crippen LogP) is -0.0330. The van der Waals surface area contributed by atoms with Gasteiger partial charge in [0, 0.05) is 12.6 Å². The Kier molecular flexibility index (Phi) is 24.5. The molecule has 0 aromatic heterocycles. The van der Waals surface area contributed by atoms with Crippen LogP contribution in [0.5, 0.6) is 0 Å². The van der Waals surface area contributed by atoms with Crippen LogP contribution in [0.3, 0.4) is 0 Å². The molecule has 0 aliphatic heterocycles. The maximum Gasteiger partial charge on any atom is 0.410 e. The van der Waals surface area contributed by atoms with E-state index in [1.54, 1.807) is 0 Å². The van der Waals surface area contributed by atoms with Gasteiger partial charge in [-0.2, -0.15) is 0 Å². The van der Waals surface area contributed by atoms with Crippen molar-refractivity contribution in [1.29, 1.82) is 0 Å². The van der Waals surface area contributed by atoms with Crippen molar-refractivity contribution < 1.29 is 23.9 Å². The number of unbranched alkanes of at least 4 members (excludes halogenated alkanes) is 4. The highest BCUT2D eigenvalue weighted by molar-refractivity contribution is 5.82. The van der Waals surface area contributed by atoms with Crippen LogP contribution in [0, 0.1) is 0 Å². The summed E-state index contributed by atoms with van der Waals surface area (Å²) in [4.78, 5) is 36.2. The third kappa shape index (κ3) is 24.3. The zero-order valence-corrected chi connectivity index (χ0v) is 20.3. The standard InChI is InChI=1S/C17H36N6O5.C4H11N/c18-7-3-1-5-10-23(12-15(24)22-9-11-27-16(21)25)17(26)28-13-14(20)6-2-4-8-19;1-2-3-4-5/h14H,1-13,18-20H2,(H2,21,25)(H,22,24);2-5H2,1H3. The van der Waals surface area contributed by atoms with Crippen LogP contribution in [-0.2, 0) is 14.3 Å². The van der Waals surface area contributed by atoms with E-state index >= 15 is 0 Å². The van der Waals surface area contributed by atoms with E-state index in [1.165, 1.54) is 17.7 Å². The fraction of sp³-hybridized carbons (Fsp3) is 0.857. The summed E-state index contributed by atoms with van der Waals surface area (Å²) >= 11 is 0. The van der Waals surface area contributed by atoms with E-state index in [0.717, 1.165) is 32.2 Å². The molecule has 3 amide bonds. The monoisotopic (exact) mass is 477 g/mol. The van der Waals surface area contributed by atoms with Crippen LogP contribution in [-0.4, -0.2) is 81.5 Å². The lowest BCUT2D eigenvalue weighted by atomic mass is 10.1. The molecule has 0 radical (unpaired) electrons. The van der Waals surface area contributed by atoms with Crippen molar-refractivity contribution >= 4 is 18.1 Å². The van der Waals surface area contributed by atoms with Crippen LogP contribution < -0.4 is 34.0 Å². The third-order valence-corrected chi connectivity index (χ3v) is 4.40. The molecule has 0 aromatic rings. The molecule has 0 saturated heterocycles. The van der Waals surface area contributed by atoms with E-state index in [4.69, 9.17) is 33.4 Å². The molecule has 12 heteroatoms. The molecule has 196 valence electrons. The van der Waals surface area contributed by atoms with Crippen molar-refractivity contribution in [2.45, 2.75) is 64.3 Å². The smallest absolute Gasteiger partial charge is 0.410 e. The molecule has 0 rings (SSSR count). The van der Waals surface area contributed by atoms with Crippen molar-refractivity contribution in [3.8, 4) is 0 Å². The minimum absolute atomic E-state index is 0.0420. The molecule has 0 bridgehead atoms. The molecule has 0 aromatic carbocycles. The lowest BCUT2D eigenvalue weighted by Gasteiger charge is -2.23. The second kappa shape index (κ2) is 24.5. The van der Waals surface area contributed by atoms with Crippen LogP contribution in [0.25, 0.3) is 0 Å². The number of amides is 3. The Morgan fingerprint density at radius 2 is 1.55 bits per heavy atom. The summed E-state index contributed by atoms with van der Waals surface area (Å²) in [6, 6.07) is -0.269. The van der Waals surface area contributed by atoms with Crippen LogP contribution in [0.2, 0.25) is 0 Å². The molecule has 1 atom stereocenters. The van der Waals surface area contributed by atoms with Gasteiger partial charge < -0.3 is 43.5 Å². The van der Waals surface area contributed by atoms with Crippen LogP contribution in [0.4, 0.5) is 9.59 Å². The highest BCUT2D eigenvalue weighted by atomic mass is 16.6. The maximum absolute atomic E-state index is 12.3. The number of carbonyl (C=O) groups is 3. The SMILES string of the molecule is CCCCN.NCCCCCN(CC(=O)NCCOC(N)=O)C(=O)OCC(N)CCCCN. The van der Waals surface area contributed by atoms with E-state index in [1.807, 2.05) is 0 Å². The first-order valence-electron chi connectivity index (χ1n) is 11.8. The van der Waals surface area contributed by atoms with Crippen LogP contribution in [0.15, 0.2) is 0 Å². The molecule has 0 spiro atoms. The Labute approximate surface area is 198 Å². The zero-order valence-electron chi connectivity index (χ0n) is 20.3. The van der Waals surface area contributed by atoms with Gasteiger partial charge in [0.25, 0.3) is 0 Å². The van der Waals surface area contributed by atoms with Crippen LogP contribution >= 0.6 is 0 Å². The van der Waals surface area contributed by atoms with Gasteiger partial charge >= 0.3 is 12.2 Å². The number of carbonyl (C=O) groups excluding carboxylic acids is 3. The molecule has 0 fully saturated rings. The molecule has 12 nitrogen and oxygen atoms in total. The zero-order chi connectivity index (χ0) is 25.3. The van der Waals surface area contributed by atoms with Crippen molar-refractivity contribution in [1.82, 2.24) is 10.2 Å². The van der Waals surface area contributed by atoms with Crippen molar-refractivity contribution in [2.75, 3.05) is 52.5 Å². The van der Waals surface area contributed by atoms with Crippen molar-refractivity contribution in [3.63, 3.8) is 0 Å². The quantitative estimate of drug-likeness (QED) is 0.146. The molecule has 0 saturated carbocycles. The largest absolute Gasteiger partial charge is 0.448 e. The van der Waals surface area contributed by atoms with E-state index in [-0.39, 0.29) is 32.3 Å². The van der Waals surface area contributed by atoms with Crippen molar-refractivity contribution in [2.24, 2.45) is 28.7 Å². The van der Waals surface area contributed by atoms with E-state index in [9.17, 15) is 14.4 Å². The normalized spacial score (nSPS) is 11.1. The molecule has 33 heavy (non-hydrogen) atoms. The fourth-order valence-corrected chi connectivity index (χ4v) is 2.54. The Balaban J connectivity index is 0. The summed E-state index contributed by atoms with van der Waals surface area (Å²) in [5.41, 5.74) is 26.8. The summed E-state index contributed by atoms with van der Waals surface area (Å²) in [6.45, 7) is 4.49. The lowest BCUT2D eigenvalue weighted by Crippen LogP contribution is -2.43. The number of ether oxygens (including phenoxy) is 2. The molecular weight excluding hydrogens is 430 g/mol. The summed E-state index contributed by atoms with van der Waals surface area (Å²) in [6.07, 6.45) is 5.71. The minimum Gasteiger partial charge on any atom is -0.448 e. The first-order chi connectivity index (χ1) is 15.8. The van der Waals surface area contributed by atoms with Crippen LogP contribution in [0.1, 0.15) is 58.3 Å². The highest BCUT2D eigenvalue weighted by Gasteiger charge is 2.19. The first kappa shape index (κ1) is 33.0. The molecule has 0 aliphatic carbocycles. The fourth-order valence-electron chi connectivity index (χ4n) is 2.54. The van der Waals surface area contributed by atoms with Gasteiger partial charge in [-0.3, -0.25) is 9.69 Å². The van der Waals surface area contributed by atoms with Crippen molar-refractivity contribution in [3.05, 3.63) is 0 Å². The van der Waals surface area contributed by atoms with Gasteiger partial charge in [-0.15, -0.1) is 0 Å². The minimum atomic E-state index is -0.915. The summed E-state index contributed by atoms with van der Waals surface area (Å²) in [7, 11) is 0. The number of hydrogen-bond donors (Lipinski definition) is 6. The molecular formula is C21H47N7O5. The maximum atomic E-state index is 12.3. The lowest BCUT2D eigenvalue weighted by molar-refractivity contribution is -0.122. The average molecular weight is 478 g/mol. The number of nitrogens with zero attached hydrogens (tertiary/aromatic N) is 1.